The van der Waals surface area contributed by atoms with E-state index in [1.807, 2.05) is 0 Å². The third kappa shape index (κ3) is 8.26. The van der Waals surface area contributed by atoms with Crippen molar-refractivity contribution in [3.05, 3.63) is 0 Å². The van der Waals surface area contributed by atoms with E-state index >= 15 is 0 Å². The standard InChI is InChI=1S/C11H26N2/c1-4-5-6-8-13(9-7-12)10-11(2)3/h11H,4-10,12H2,1-3H3. The fourth-order valence-electron chi connectivity index (χ4n) is 1.58. The Labute approximate surface area is 83.5 Å². The molecular formula is C11H26N2. The Balaban J connectivity index is 3.53. The lowest BCUT2D eigenvalue weighted by Gasteiger charge is -2.23. The summed E-state index contributed by atoms with van der Waals surface area (Å²) in [5.41, 5.74) is 5.57. The molecule has 0 aromatic carbocycles. The van der Waals surface area contributed by atoms with E-state index in [1.165, 1.54) is 32.4 Å². The van der Waals surface area contributed by atoms with E-state index in [-0.39, 0.29) is 0 Å². The molecule has 0 heterocycles. The van der Waals surface area contributed by atoms with E-state index in [9.17, 15) is 0 Å². The first-order valence-electron chi connectivity index (χ1n) is 5.63. The van der Waals surface area contributed by atoms with Gasteiger partial charge >= 0.3 is 0 Å². The summed E-state index contributed by atoms with van der Waals surface area (Å²) in [6.45, 7) is 11.0. The van der Waals surface area contributed by atoms with E-state index in [4.69, 9.17) is 5.73 Å². The zero-order valence-corrected chi connectivity index (χ0v) is 9.55. The lowest BCUT2D eigenvalue weighted by atomic mass is 10.2. The summed E-state index contributed by atoms with van der Waals surface area (Å²) in [6.07, 6.45) is 3.97. The average Bonchev–Trinajstić information content (AvgIpc) is 2.04. The van der Waals surface area contributed by atoms with Gasteiger partial charge in [-0.25, -0.2) is 0 Å². The molecular weight excluding hydrogens is 160 g/mol. The Hall–Kier alpha value is -0.0800. The SMILES string of the molecule is CCCCCN(CCN)CC(C)C. The van der Waals surface area contributed by atoms with Crippen LogP contribution in [-0.2, 0) is 0 Å². The van der Waals surface area contributed by atoms with E-state index < -0.39 is 0 Å². The zero-order valence-electron chi connectivity index (χ0n) is 9.55. The predicted octanol–water partition coefficient (Wildman–Crippen LogP) is 2.09. The molecule has 0 aliphatic rings. The van der Waals surface area contributed by atoms with Gasteiger partial charge in [-0.1, -0.05) is 33.6 Å². The second-order valence-electron chi connectivity index (χ2n) is 4.19. The highest BCUT2D eigenvalue weighted by atomic mass is 15.1. The molecule has 2 N–H and O–H groups in total. The first-order valence-corrected chi connectivity index (χ1v) is 5.63. The molecule has 0 fully saturated rings. The third-order valence-corrected chi connectivity index (χ3v) is 2.15. The summed E-state index contributed by atoms with van der Waals surface area (Å²) in [5, 5.41) is 0. The van der Waals surface area contributed by atoms with Crippen molar-refractivity contribution in [1.82, 2.24) is 4.90 Å². The molecule has 0 aliphatic carbocycles. The second-order valence-corrected chi connectivity index (χ2v) is 4.19. The minimum Gasteiger partial charge on any atom is -0.329 e. The molecule has 0 atom stereocenters. The lowest BCUT2D eigenvalue weighted by Crippen LogP contribution is -2.33. The van der Waals surface area contributed by atoms with Crippen molar-refractivity contribution in [2.45, 2.75) is 40.0 Å². The van der Waals surface area contributed by atoms with E-state index in [1.54, 1.807) is 0 Å². The molecule has 0 aromatic rings. The highest BCUT2D eigenvalue weighted by molar-refractivity contribution is 4.60. The van der Waals surface area contributed by atoms with Crippen molar-refractivity contribution in [1.29, 1.82) is 0 Å². The van der Waals surface area contributed by atoms with Crippen LogP contribution in [0.5, 0.6) is 0 Å². The van der Waals surface area contributed by atoms with Crippen LogP contribution in [0.25, 0.3) is 0 Å². The van der Waals surface area contributed by atoms with Crippen LogP contribution in [0.4, 0.5) is 0 Å². The van der Waals surface area contributed by atoms with Gasteiger partial charge in [0.1, 0.15) is 0 Å². The van der Waals surface area contributed by atoms with Gasteiger partial charge < -0.3 is 10.6 Å². The number of nitrogens with zero attached hydrogens (tertiary/aromatic N) is 1. The predicted molar refractivity (Wildman–Crippen MR) is 59.9 cm³/mol. The summed E-state index contributed by atoms with van der Waals surface area (Å²) in [5.74, 6) is 0.758. The topological polar surface area (TPSA) is 29.3 Å². The van der Waals surface area contributed by atoms with E-state index in [0.717, 1.165) is 19.0 Å². The van der Waals surface area contributed by atoms with Gasteiger partial charge in [-0.2, -0.15) is 0 Å². The maximum Gasteiger partial charge on any atom is 0.0105 e. The third-order valence-electron chi connectivity index (χ3n) is 2.15. The van der Waals surface area contributed by atoms with Crippen LogP contribution < -0.4 is 5.73 Å². The van der Waals surface area contributed by atoms with Crippen LogP contribution in [0.1, 0.15) is 40.0 Å². The molecule has 0 saturated carbocycles. The summed E-state index contributed by atoms with van der Waals surface area (Å²) >= 11 is 0. The van der Waals surface area contributed by atoms with Crippen molar-refractivity contribution >= 4 is 0 Å². The summed E-state index contributed by atoms with van der Waals surface area (Å²) in [7, 11) is 0. The Bertz CT molecular complexity index is 102. The van der Waals surface area contributed by atoms with E-state index in [2.05, 4.69) is 25.7 Å². The quantitative estimate of drug-likeness (QED) is 0.588. The average molecular weight is 186 g/mol. The van der Waals surface area contributed by atoms with Crippen LogP contribution in [0.3, 0.4) is 0 Å². The monoisotopic (exact) mass is 186 g/mol. The van der Waals surface area contributed by atoms with Crippen molar-refractivity contribution in [2.75, 3.05) is 26.2 Å². The van der Waals surface area contributed by atoms with Crippen LogP contribution in [0.2, 0.25) is 0 Å². The molecule has 0 bridgehead atoms. The van der Waals surface area contributed by atoms with Gasteiger partial charge in [0.25, 0.3) is 0 Å². The molecule has 0 aromatic heterocycles. The van der Waals surface area contributed by atoms with Gasteiger partial charge in [0.2, 0.25) is 0 Å². The molecule has 0 aliphatic heterocycles. The highest BCUT2D eigenvalue weighted by Gasteiger charge is 2.05. The Morgan fingerprint density at radius 3 is 2.31 bits per heavy atom. The van der Waals surface area contributed by atoms with Crippen LogP contribution in [0.15, 0.2) is 0 Å². The maximum atomic E-state index is 5.57. The number of hydrogen-bond donors (Lipinski definition) is 1. The highest BCUT2D eigenvalue weighted by Crippen LogP contribution is 2.02. The van der Waals surface area contributed by atoms with Crippen molar-refractivity contribution in [3.8, 4) is 0 Å². The fraction of sp³-hybridized carbons (Fsp3) is 1.00. The summed E-state index contributed by atoms with van der Waals surface area (Å²) in [6, 6.07) is 0. The van der Waals surface area contributed by atoms with Gasteiger partial charge in [-0.3, -0.25) is 0 Å². The normalized spacial score (nSPS) is 11.5. The molecule has 0 saturated heterocycles. The van der Waals surface area contributed by atoms with E-state index in [0.29, 0.717) is 0 Å². The van der Waals surface area contributed by atoms with Gasteiger partial charge in [-0.15, -0.1) is 0 Å². The molecule has 0 amide bonds. The second kappa shape index (κ2) is 8.52. The zero-order chi connectivity index (χ0) is 10.1. The minimum atomic E-state index is 0.758. The molecule has 13 heavy (non-hydrogen) atoms. The van der Waals surface area contributed by atoms with Crippen LogP contribution in [-0.4, -0.2) is 31.1 Å². The van der Waals surface area contributed by atoms with Crippen LogP contribution in [0, 0.1) is 5.92 Å². The number of rotatable bonds is 8. The first-order chi connectivity index (χ1) is 6.20. The number of unbranched alkanes of at least 4 members (excludes halogenated alkanes) is 2. The number of nitrogens with two attached hydrogens (primary N) is 1. The molecule has 2 heteroatoms. The fourth-order valence-corrected chi connectivity index (χ4v) is 1.58. The summed E-state index contributed by atoms with van der Waals surface area (Å²) < 4.78 is 0. The van der Waals surface area contributed by atoms with Gasteiger partial charge in [0, 0.05) is 19.6 Å². The maximum absolute atomic E-state index is 5.57. The molecule has 0 unspecified atom stereocenters. The van der Waals surface area contributed by atoms with Crippen molar-refractivity contribution in [3.63, 3.8) is 0 Å². The molecule has 0 rings (SSSR count). The Morgan fingerprint density at radius 2 is 1.85 bits per heavy atom. The Kier molecular flexibility index (Phi) is 8.46. The molecule has 80 valence electrons. The van der Waals surface area contributed by atoms with Gasteiger partial charge in [0.05, 0.1) is 0 Å². The first kappa shape index (κ1) is 12.9. The summed E-state index contributed by atoms with van der Waals surface area (Å²) in [4.78, 5) is 2.49. The molecule has 0 spiro atoms. The minimum absolute atomic E-state index is 0.758. The largest absolute Gasteiger partial charge is 0.329 e. The molecule has 2 nitrogen and oxygen atoms in total. The van der Waals surface area contributed by atoms with Crippen molar-refractivity contribution in [2.24, 2.45) is 11.7 Å². The molecule has 0 radical (unpaired) electrons. The smallest absolute Gasteiger partial charge is 0.0105 e. The van der Waals surface area contributed by atoms with Gasteiger partial charge in [-0.05, 0) is 18.9 Å². The van der Waals surface area contributed by atoms with Gasteiger partial charge in [0.15, 0.2) is 0 Å². The van der Waals surface area contributed by atoms with Crippen molar-refractivity contribution < 1.29 is 0 Å². The Morgan fingerprint density at radius 1 is 1.15 bits per heavy atom. The van der Waals surface area contributed by atoms with Crippen LogP contribution >= 0.6 is 0 Å². The lowest BCUT2D eigenvalue weighted by molar-refractivity contribution is 0.245. The number of hydrogen-bond acceptors (Lipinski definition) is 2.